The summed E-state index contributed by atoms with van der Waals surface area (Å²) >= 11 is 0. The average Bonchev–Trinajstić information content (AvgIpc) is 2.43. The van der Waals surface area contributed by atoms with Crippen LogP contribution in [0.3, 0.4) is 0 Å². The van der Waals surface area contributed by atoms with Gasteiger partial charge in [-0.25, -0.2) is 8.42 Å². The normalized spacial score (nSPS) is 19.6. The highest BCUT2D eigenvalue weighted by molar-refractivity contribution is 7.91. The SMILES string of the molecule is CCCC(C#N)N1CCN(CCS(=O)(=O)CCC)CC1. The van der Waals surface area contributed by atoms with Gasteiger partial charge in [0.05, 0.1) is 17.9 Å². The van der Waals surface area contributed by atoms with E-state index in [9.17, 15) is 8.42 Å². The second-order valence-corrected chi connectivity index (χ2v) is 7.77. The minimum atomic E-state index is -2.88. The topological polar surface area (TPSA) is 64.4 Å². The minimum absolute atomic E-state index is 0.0194. The van der Waals surface area contributed by atoms with E-state index in [4.69, 9.17) is 5.26 Å². The standard InChI is InChI=1S/C14H27N3O2S/c1-3-5-14(13-15)17-8-6-16(7-9-17)10-12-20(18,19)11-4-2/h14H,3-12H2,1-2H3. The van der Waals surface area contributed by atoms with E-state index in [2.05, 4.69) is 22.8 Å². The summed E-state index contributed by atoms with van der Waals surface area (Å²) in [5, 5.41) is 9.16. The average molecular weight is 301 g/mol. The maximum absolute atomic E-state index is 11.7. The van der Waals surface area contributed by atoms with Crippen LogP contribution in [0.2, 0.25) is 0 Å². The van der Waals surface area contributed by atoms with Crippen molar-refractivity contribution >= 4 is 9.84 Å². The van der Waals surface area contributed by atoms with Crippen molar-refractivity contribution in [1.29, 1.82) is 5.26 Å². The first kappa shape index (κ1) is 17.4. The molecule has 0 aromatic heterocycles. The highest BCUT2D eigenvalue weighted by atomic mass is 32.2. The van der Waals surface area contributed by atoms with Crippen LogP contribution in [-0.4, -0.2) is 68.5 Å². The molecule has 1 rings (SSSR count). The van der Waals surface area contributed by atoms with Gasteiger partial charge in [-0.2, -0.15) is 5.26 Å². The maximum Gasteiger partial charge on any atom is 0.151 e. The van der Waals surface area contributed by atoms with Crippen LogP contribution in [0.4, 0.5) is 0 Å². The van der Waals surface area contributed by atoms with Gasteiger partial charge in [-0.3, -0.25) is 9.80 Å². The van der Waals surface area contributed by atoms with Crippen molar-refractivity contribution in [3.8, 4) is 6.07 Å². The van der Waals surface area contributed by atoms with Crippen LogP contribution in [0.5, 0.6) is 0 Å². The highest BCUT2D eigenvalue weighted by Gasteiger charge is 2.23. The lowest BCUT2D eigenvalue weighted by Gasteiger charge is -2.36. The molecule has 1 unspecified atom stereocenters. The van der Waals surface area contributed by atoms with Gasteiger partial charge < -0.3 is 0 Å². The first-order valence-electron chi connectivity index (χ1n) is 7.58. The third kappa shape index (κ3) is 5.78. The summed E-state index contributed by atoms with van der Waals surface area (Å²) < 4.78 is 23.4. The second kappa shape index (κ2) is 8.60. The van der Waals surface area contributed by atoms with Crippen molar-refractivity contribution in [1.82, 2.24) is 9.80 Å². The molecule has 5 nitrogen and oxygen atoms in total. The Morgan fingerprint density at radius 2 is 1.75 bits per heavy atom. The number of nitrogens with zero attached hydrogens (tertiary/aromatic N) is 3. The minimum Gasteiger partial charge on any atom is -0.300 e. The molecule has 1 saturated heterocycles. The molecule has 0 aromatic rings. The molecule has 1 fully saturated rings. The van der Waals surface area contributed by atoms with Gasteiger partial charge in [0.15, 0.2) is 9.84 Å². The number of rotatable bonds is 8. The van der Waals surface area contributed by atoms with Gasteiger partial charge in [-0.1, -0.05) is 20.3 Å². The molecular formula is C14H27N3O2S. The molecule has 0 aromatic carbocycles. The summed E-state index contributed by atoms with van der Waals surface area (Å²) in [6.45, 7) is 8.08. The lowest BCUT2D eigenvalue weighted by Crippen LogP contribution is -2.50. The van der Waals surface area contributed by atoms with Crippen LogP contribution in [0.1, 0.15) is 33.1 Å². The lowest BCUT2D eigenvalue weighted by molar-refractivity contribution is 0.115. The van der Waals surface area contributed by atoms with Gasteiger partial charge in [0.25, 0.3) is 0 Å². The summed E-state index contributed by atoms with van der Waals surface area (Å²) in [7, 11) is -2.88. The number of sulfone groups is 1. The van der Waals surface area contributed by atoms with Crippen molar-refractivity contribution in [2.75, 3.05) is 44.2 Å². The van der Waals surface area contributed by atoms with E-state index in [0.29, 0.717) is 18.7 Å². The molecule has 0 bridgehead atoms. The molecule has 0 radical (unpaired) electrons. The molecule has 0 N–H and O–H groups in total. The molecule has 1 heterocycles. The number of nitriles is 1. The summed E-state index contributed by atoms with van der Waals surface area (Å²) in [6.07, 6.45) is 2.63. The van der Waals surface area contributed by atoms with Crippen molar-refractivity contribution in [2.24, 2.45) is 0 Å². The van der Waals surface area contributed by atoms with Crippen LogP contribution in [0.15, 0.2) is 0 Å². The van der Waals surface area contributed by atoms with Crippen LogP contribution < -0.4 is 0 Å². The Morgan fingerprint density at radius 3 is 2.25 bits per heavy atom. The number of hydrogen-bond acceptors (Lipinski definition) is 5. The van der Waals surface area contributed by atoms with E-state index in [1.807, 2.05) is 6.92 Å². The molecule has 0 saturated carbocycles. The first-order chi connectivity index (χ1) is 9.52. The molecule has 1 atom stereocenters. The summed E-state index contributed by atoms with van der Waals surface area (Å²) in [6, 6.07) is 2.39. The fourth-order valence-electron chi connectivity index (χ4n) is 2.58. The van der Waals surface area contributed by atoms with Gasteiger partial charge in [0.2, 0.25) is 0 Å². The second-order valence-electron chi connectivity index (χ2n) is 5.46. The Morgan fingerprint density at radius 1 is 1.10 bits per heavy atom. The van der Waals surface area contributed by atoms with Gasteiger partial charge in [0.1, 0.15) is 0 Å². The van der Waals surface area contributed by atoms with E-state index >= 15 is 0 Å². The molecular weight excluding hydrogens is 274 g/mol. The fourth-order valence-corrected chi connectivity index (χ4v) is 3.94. The predicted octanol–water partition coefficient (Wildman–Crippen LogP) is 1.12. The van der Waals surface area contributed by atoms with Crippen LogP contribution >= 0.6 is 0 Å². The molecule has 0 spiro atoms. The molecule has 6 heteroatoms. The first-order valence-corrected chi connectivity index (χ1v) is 9.41. The third-order valence-electron chi connectivity index (χ3n) is 3.79. The quantitative estimate of drug-likeness (QED) is 0.672. The Kier molecular flexibility index (Phi) is 7.49. The molecule has 1 aliphatic heterocycles. The monoisotopic (exact) mass is 301 g/mol. The van der Waals surface area contributed by atoms with Crippen LogP contribution in [-0.2, 0) is 9.84 Å². The van der Waals surface area contributed by atoms with E-state index < -0.39 is 9.84 Å². The van der Waals surface area contributed by atoms with Gasteiger partial charge in [0, 0.05) is 38.5 Å². The van der Waals surface area contributed by atoms with Crippen LogP contribution in [0, 0.1) is 11.3 Å². The van der Waals surface area contributed by atoms with Crippen LogP contribution in [0.25, 0.3) is 0 Å². The summed E-state index contributed by atoms with van der Waals surface area (Å²) in [4.78, 5) is 4.42. The van der Waals surface area contributed by atoms with Crippen molar-refractivity contribution in [2.45, 2.75) is 39.2 Å². The largest absolute Gasteiger partial charge is 0.300 e. The Labute approximate surface area is 123 Å². The Balaban J connectivity index is 2.34. The van der Waals surface area contributed by atoms with Crippen molar-refractivity contribution in [3.63, 3.8) is 0 Å². The van der Waals surface area contributed by atoms with Crippen molar-refractivity contribution in [3.05, 3.63) is 0 Å². The van der Waals surface area contributed by atoms with E-state index in [1.165, 1.54) is 0 Å². The van der Waals surface area contributed by atoms with E-state index in [0.717, 1.165) is 39.0 Å². The Bertz CT molecular complexity index is 409. The van der Waals surface area contributed by atoms with E-state index in [-0.39, 0.29) is 11.8 Å². The lowest BCUT2D eigenvalue weighted by atomic mass is 10.1. The van der Waals surface area contributed by atoms with Gasteiger partial charge in [-0.05, 0) is 12.8 Å². The zero-order valence-electron chi connectivity index (χ0n) is 12.7. The zero-order chi connectivity index (χ0) is 15.0. The third-order valence-corrected chi connectivity index (χ3v) is 5.63. The smallest absolute Gasteiger partial charge is 0.151 e. The molecule has 116 valence electrons. The predicted molar refractivity (Wildman–Crippen MR) is 81.3 cm³/mol. The summed E-state index contributed by atoms with van der Waals surface area (Å²) in [5.41, 5.74) is 0. The number of piperazine rings is 1. The zero-order valence-corrected chi connectivity index (χ0v) is 13.5. The maximum atomic E-state index is 11.7. The molecule has 0 aliphatic carbocycles. The molecule has 0 amide bonds. The van der Waals surface area contributed by atoms with Gasteiger partial charge >= 0.3 is 0 Å². The van der Waals surface area contributed by atoms with E-state index in [1.54, 1.807) is 0 Å². The molecule has 1 aliphatic rings. The summed E-state index contributed by atoms with van der Waals surface area (Å²) in [5.74, 6) is 0.553. The van der Waals surface area contributed by atoms with Gasteiger partial charge in [-0.15, -0.1) is 0 Å². The molecule has 20 heavy (non-hydrogen) atoms. The van der Waals surface area contributed by atoms with Crippen molar-refractivity contribution < 1.29 is 8.42 Å². The number of hydrogen-bond donors (Lipinski definition) is 0. The highest BCUT2D eigenvalue weighted by Crippen LogP contribution is 2.10. The fraction of sp³-hybridized carbons (Fsp3) is 0.929. The Hall–Kier alpha value is -0.640.